The summed E-state index contributed by atoms with van der Waals surface area (Å²) in [5, 5.41) is 3.09. The van der Waals surface area contributed by atoms with E-state index in [0.717, 1.165) is 4.88 Å². The molecule has 0 aliphatic rings. The molecule has 0 atom stereocenters. The Balaban J connectivity index is 1.52. The number of alkyl halides is 2. The number of aryl methyl sites for hydroxylation is 1. The van der Waals surface area contributed by atoms with Crippen LogP contribution in [0, 0.1) is 12.7 Å². The van der Waals surface area contributed by atoms with Gasteiger partial charge in [0.25, 0.3) is 12.3 Å². The fraction of sp³-hybridized carbons (Fsp3) is 0.150. The first kappa shape index (κ1) is 19.1. The highest BCUT2D eigenvalue weighted by Crippen LogP contribution is 2.27. The molecule has 0 unspecified atom stereocenters. The minimum atomic E-state index is -2.72. The standard InChI is InChI=1S/C20H15F3N4OS/c1-10-16(9-11-4-2-3-5-13(11)21)29-20(24-10)27-19(28)12-6-7-14-15(8-12)26-18(25-14)17(22)23/h2-8,17H,9H2,1H3,(H,25,26)(H,24,27,28). The Morgan fingerprint density at radius 3 is 2.76 bits per heavy atom. The monoisotopic (exact) mass is 416 g/mol. The molecule has 0 saturated heterocycles. The summed E-state index contributed by atoms with van der Waals surface area (Å²) in [6.45, 7) is 1.80. The van der Waals surface area contributed by atoms with Gasteiger partial charge in [-0.05, 0) is 36.8 Å². The topological polar surface area (TPSA) is 70.7 Å². The van der Waals surface area contributed by atoms with Crippen LogP contribution in [-0.4, -0.2) is 20.9 Å². The molecule has 0 radical (unpaired) electrons. The number of halogens is 3. The second-order valence-corrected chi connectivity index (χ2v) is 7.49. The number of aromatic nitrogens is 3. The zero-order chi connectivity index (χ0) is 20.5. The molecule has 2 N–H and O–H groups in total. The molecule has 0 spiro atoms. The number of anilines is 1. The van der Waals surface area contributed by atoms with Gasteiger partial charge in [0.05, 0.1) is 16.7 Å². The maximum atomic E-state index is 13.9. The Morgan fingerprint density at radius 2 is 2.00 bits per heavy atom. The van der Waals surface area contributed by atoms with Crippen molar-refractivity contribution >= 4 is 33.4 Å². The van der Waals surface area contributed by atoms with E-state index in [1.807, 2.05) is 0 Å². The van der Waals surface area contributed by atoms with Crippen LogP contribution >= 0.6 is 11.3 Å². The van der Waals surface area contributed by atoms with Crippen molar-refractivity contribution in [3.05, 3.63) is 75.8 Å². The van der Waals surface area contributed by atoms with Crippen molar-refractivity contribution in [2.75, 3.05) is 5.32 Å². The number of benzene rings is 2. The summed E-state index contributed by atoms with van der Waals surface area (Å²) < 4.78 is 39.4. The SMILES string of the molecule is Cc1nc(NC(=O)c2ccc3nc(C(F)F)[nH]c3c2)sc1Cc1ccccc1F. The summed E-state index contributed by atoms with van der Waals surface area (Å²) in [6, 6.07) is 11.0. The van der Waals surface area contributed by atoms with Crippen LogP contribution in [0.4, 0.5) is 18.3 Å². The third-order valence-electron chi connectivity index (χ3n) is 4.39. The predicted molar refractivity (Wildman–Crippen MR) is 105 cm³/mol. The third-order valence-corrected chi connectivity index (χ3v) is 5.46. The van der Waals surface area contributed by atoms with Gasteiger partial charge in [0, 0.05) is 16.9 Å². The van der Waals surface area contributed by atoms with Crippen LogP contribution in [0.25, 0.3) is 11.0 Å². The number of imidazole rings is 1. The first-order chi connectivity index (χ1) is 13.9. The van der Waals surface area contributed by atoms with E-state index in [9.17, 15) is 18.0 Å². The maximum Gasteiger partial charge on any atom is 0.295 e. The molecule has 4 aromatic rings. The van der Waals surface area contributed by atoms with Crippen molar-refractivity contribution < 1.29 is 18.0 Å². The molecular weight excluding hydrogens is 401 g/mol. The van der Waals surface area contributed by atoms with Crippen molar-refractivity contribution in [1.82, 2.24) is 15.0 Å². The van der Waals surface area contributed by atoms with Gasteiger partial charge in [-0.25, -0.2) is 23.1 Å². The van der Waals surface area contributed by atoms with Crippen LogP contribution < -0.4 is 5.32 Å². The molecule has 0 bridgehead atoms. The van der Waals surface area contributed by atoms with E-state index >= 15 is 0 Å². The van der Waals surface area contributed by atoms with Crippen LogP contribution in [-0.2, 0) is 6.42 Å². The van der Waals surface area contributed by atoms with Gasteiger partial charge in [-0.15, -0.1) is 11.3 Å². The Bertz CT molecular complexity index is 1200. The third kappa shape index (κ3) is 4.00. The zero-order valence-corrected chi connectivity index (χ0v) is 16.0. The molecule has 4 rings (SSSR count). The molecule has 2 heterocycles. The summed E-state index contributed by atoms with van der Waals surface area (Å²) in [5.74, 6) is -1.15. The van der Waals surface area contributed by atoms with Crippen molar-refractivity contribution in [3.63, 3.8) is 0 Å². The summed E-state index contributed by atoms with van der Waals surface area (Å²) >= 11 is 1.27. The quantitative estimate of drug-likeness (QED) is 0.467. The fourth-order valence-corrected chi connectivity index (χ4v) is 3.88. The van der Waals surface area contributed by atoms with Crippen LogP contribution in [0.5, 0.6) is 0 Å². The van der Waals surface area contributed by atoms with E-state index in [1.54, 1.807) is 25.1 Å². The van der Waals surface area contributed by atoms with Crippen LogP contribution in [0.3, 0.4) is 0 Å². The molecule has 1 amide bonds. The lowest BCUT2D eigenvalue weighted by atomic mass is 10.1. The summed E-state index contributed by atoms with van der Waals surface area (Å²) in [5.41, 5.74) is 2.25. The van der Waals surface area contributed by atoms with Crippen LogP contribution in [0.1, 0.15) is 38.7 Å². The van der Waals surface area contributed by atoms with Crippen molar-refractivity contribution in [2.45, 2.75) is 19.8 Å². The van der Waals surface area contributed by atoms with E-state index in [0.29, 0.717) is 33.8 Å². The lowest BCUT2D eigenvalue weighted by Crippen LogP contribution is -2.11. The number of carbonyl (C=O) groups is 1. The molecule has 29 heavy (non-hydrogen) atoms. The highest BCUT2D eigenvalue weighted by Gasteiger charge is 2.16. The lowest BCUT2D eigenvalue weighted by Gasteiger charge is -2.02. The average molecular weight is 416 g/mol. The van der Waals surface area contributed by atoms with E-state index < -0.39 is 18.2 Å². The van der Waals surface area contributed by atoms with Gasteiger partial charge in [0.2, 0.25) is 0 Å². The molecule has 148 valence electrons. The number of hydrogen-bond donors (Lipinski definition) is 2. The second kappa shape index (κ2) is 7.67. The van der Waals surface area contributed by atoms with Crippen molar-refractivity contribution in [2.24, 2.45) is 0 Å². The molecule has 5 nitrogen and oxygen atoms in total. The molecule has 0 saturated carbocycles. The number of hydrogen-bond acceptors (Lipinski definition) is 4. The molecule has 2 aromatic heterocycles. The van der Waals surface area contributed by atoms with Crippen LogP contribution in [0.15, 0.2) is 42.5 Å². The Morgan fingerprint density at radius 1 is 1.21 bits per heavy atom. The summed E-state index contributed by atoms with van der Waals surface area (Å²) in [7, 11) is 0. The van der Waals surface area contributed by atoms with Gasteiger partial charge in [-0.1, -0.05) is 18.2 Å². The smallest absolute Gasteiger partial charge is 0.295 e. The second-order valence-electron chi connectivity index (χ2n) is 6.40. The molecule has 2 aromatic carbocycles. The van der Waals surface area contributed by atoms with E-state index in [-0.39, 0.29) is 11.4 Å². The number of nitrogens with one attached hydrogen (secondary N) is 2. The Hall–Kier alpha value is -3.20. The number of fused-ring (bicyclic) bond motifs is 1. The lowest BCUT2D eigenvalue weighted by molar-refractivity contribution is 0.102. The summed E-state index contributed by atoms with van der Waals surface area (Å²) in [6.07, 6.45) is -2.34. The van der Waals surface area contributed by atoms with Gasteiger partial charge in [0.1, 0.15) is 5.82 Å². The predicted octanol–water partition coefficient (Wildman–Crippen LogP) is 5.25. The first-order valence-electron chi connectivity index (χ1n) is 8.69. The van der Waals surface area contributed by atoms with E-state index in [2.05, 4.69) is 20.3 Å². The van der Waals surface area contributed by atoms with Gasteiger partial charge < -0.3 is 4.98 Å². The van der Waals surface area contributed by atoms with Gasteiger partial charge in [-0.3, -0.25) is 10.1 Å². The van der Waals surface area contributed by atoms with Crippen molar-refractivity contribution in [3.8, 4) is 0 Å². The zero-order valence-electron chi connectivity index (χ0n) is 15.2. The Labute approximate surface area is 167 Å². The van der Waals surface area contributed by atoms with Crippen LogP contribution in [0.2, 0.25) is 0 Å². The van der Waals surface area contributed by atoms with Crippen molar-refractivity contribution in [1.29, 1.82) is 0 Å². The van der Waals surface area contributed by atoms with Gasteiger partial charge in [0.15, 0.2) is 11.0 Å². The van der Waals surface area contributed by atoms with Gasteiger partial charge in [-0.2, -0.15) is 0 Å². The molecule has 0 aliphatic heterocycles. The highest BCUT2D eigenvalue weighted by atomic mass is 32.1. The summed E-state index contributed by atoms with van der Waals surface area (Å²) in [4.78, 5) is 24.0. The normalized spacial score (nSPS) is 11.3. The van der Waals surface area contributed by atoms with E-state index in [4.69, 9.17) is 0 Å². The number of amides is 1. The first-order valence-corrected chi connectivity index (χ1v) is 9.51. The van der Waals surface area contributed by atoms with Gasteiger partial charge >= 0.3 is 0 Å². The molecule has 0 fully saturated rings. The fourth-order valence-electron chi connectivity index (χ4n) is 2.90. The molecule has 0 aliphatic carbocycles. The van der Waals surface area contributed by atoms with E-state index in [1.165, 1.54) is 35.6 Å². The Kier molecular flexibility index (Phi) is 5.06. The minimum Gasteiger partial charge on any atom is -0.337 e. The number of nitrogens with zero attached hydrogens (tertiary/aromatic N) is 2. The minimum absolute atomic E-state index is 0.283. The molecular formula is C20H15F3N4OS. The highest BCUT2D eigenvalue weighted by molar-refractivity contribution is 7.15. The number of carbonyl (C=O) groups excluding carboxylic acids is 1. The largest absolute Gasteiger partial charge is 0.337 e. The maximum absolute atomic E-state index is 13.9. The average Bonchev–Trinajstić information content (AvgIpc) is 3.26. The number of H-pyrrole nitrogens is 1. The number of rotatable bonds is 5. The number of thiazole rings is 1. The molecule has 9 heteroatoms. The number of aromatic amines is 1.